The second-order valence-corrected chi connectivity index (χ2v) is 4.97. The van der Waals surface area contributed by atoms with Crippen LogP contribution in [0.15, 0.2) is 35.2 Å². The Labute approximate surface area is 119 Å². The molecule has 1 aliphatic rings. The van der Waals surface area contributed by atoms with Crippen LogP contribution in [0.25, 0.3) is 0 Å². The minimum absolute atomic E-state index is 0.283. The number of fused-ring (bicyclic) bond motifs is 1. The molecule has 0 fully saturated rings. The molecule has 0 aliphatic carbocycles. The summed E-state index contributed by atoms with van der Waals surface area (Å²) in [5, 5.41) is 3.33. The van der Waals surface area contributed by atoms with Gasteiger partial charge in [0.15, 0.2) is 11.5 Å². The molecule has 1 aromatic carbocycles. The number of aromatic nitrogens is 2. The number of halogens is 1. The van der Waals surface area contributed by atoms with Gasteiger partial charge in [-0.1, -0.05) is 0 Å². The zero-order chi connectivity index (χ0) is 13.1. The number of hydrogen-bond donors (Lipinski definition) is 1. The third-order valence-corrected chi connectivity index (χ3v) is 3.35. The van der Waals surface area contributed by atoms with Crippen LogP contribution in [0.5, 0.6) is 11.5 Å². The summed E-state index contributed by atoms with van der Waals surface area (Å²) in [6.07, 6.45) is 3.29. The van der Waals surface area contributed by atoms with Gasteiger partial charge in [0.25, 0.3) is 0 Å². The smallest absolute Gasteiger partial charge is 0.231 e. The van der Waals surface area contributed by atoms with E-state index in [1.165, 1.54) is 0 Å². The Morgan fingerprint density at radius 3 is 3.05 bits per heavy atom. The SMILES string of the molecule is Brc1cc(CNCc2ccncn2)cc2c1OCO2. The van der Waals surface area contributed by atoms with E-state index in [9.17, 15) is 0 Å². The minimum Gasteiger partial charge on any atom is -0.454 e. The van der Waals surface area contributed by atoms with Gasteiger partial charge >= 0.3 is 0 Å². The zero-order valence-corrected chi connectivity index (χ0v) is 11.7. The van der Waals surface area contributed by atoms with Crippen molar-refractivity contribution in [2.45, 2.75) is 13.1 Å². The molecule has 98 valence electrons. The van der Waals surface area contributed by atoms with Crippen molar-refractivity contribution in [3.8, 4) is 11.5 Å². The number of hydrogen-bond acceptors (Lipinski definition) is 5. The zero-order valence-electron chi connectivity index (χ0n) is 10.1. The van der Waals surface area contributed by atoms with Crippen molar-refractivity contribution in [3.05, 3.63) is 46.5 Å². The van der Waals surface area contributed by atoms with Crippen molar-refractivity contribution < 1.29 is 9.47 Å². The highest BCUT2D eigenvalue weighted by Crippen LogP contribution is 2.39. The predicted octanol–water partition coefficient (Wildman–Crippen LogP) is 2.26. The lowest BCUT2D eigenvalue weighted by Crippen LogP contribution is -2.13. The van der Waals surface area contributed by atoms with Crippen LogP contribution >= 0.6 is 15.9 Å². The van der Waals surface area contributed by atoms with Gasteiger partial charge in [0.2, 0.25) is 6.79 Å². The average molecular weight is 322 g/mol. The molecule has 5 nitrogen and oxygen atoms in total. The summed E-state index contributed by atoms with van der Waals surface area (Å²) in [5.74, 6) is 1.56. The molecule has 0 amide bonds. The van der Waals surface area contributed by atoms with Crippen LogP contribution in [0.4, 0.5) is 0 Å². The Hall–Kier alpha value is -1.66. The van der Waals surface area contributed by atoms with Gasteiger partial charge in [0.05, 0.1) is 10.2 Å². The summed E-state index contributed by atoms with van der Waals surface area (Å²) in [6, 6.07) is 5.91. The molecule has 0 radical (unpaired) electrons. The summed E-state index contributed by atoms with van der Waals surface area (Å²) < 4.78 is 11.7. The highest BCUT2D eigenvalue weighted by molar-refractivity contribution is 9.10. The first-order valence-corrected chi connectivity index (χ1v) is 6.66. The molecule has 1 N–H and O–H groups in total. The van der Waals surface area contributed by atoms with Crippen LogP contribution in [-0.2, 0) is 13.1 Å². The minimum atomic E-state index is 0.283. The maximum absolute atomic E-state index is 5.38. The van der Waals surface area contributed by atoms with Crippen LogP contribution in [0.3, 0.4) is 0 Å². The van der Waals surface area contributed by atoms with Crippen LogP contribution in [-0.4, -0.2) is 16.8 Å². The molecule has 0 saturated heterocycles. The molecule has 6 heteroatoms. The molecule has 0 atom stereocenters. The lowest BCUT2D eigenvalue weighted by molar-refractivity contribution is 0.173. The van der Waals surface area contributed by atoms with E-state index in [0.29, 0.717) is 6.54 Å². The fourth-order valence-electron chi connectivity index (χ4n) is 1.88. The van der Waals surface area contributed by atoms with Gasteiger partial charge in [-0.2, -0.15) is 0 Å². The van der Waals surface area contributed by atoms with Crippen molar-refractivity contribution in [1.82, 2.24) is 15.3 Å². The van der Waals surface area contributed by atoms with Gasteiger partial charge in [-0.3, -0.25) is 0 Å². The Kier molecular flexibility index (Phi) is 3.61. The maximum atomic E-state index is 5.38. The van der Waals surface area contributed by atoms with E-state index in [4.69, 9.17) is 9.47 Å². The second-order valence-electron chi connectivity index (χ2n) is 4.12. The molecule has 0 bridgehead atoms. The van der Waals surface area contributed by atoms with Crippen molar-refractivity contribution >= 4 is 15.9 Å². The summed E-state index contributed by atoms with van der Waals surface area (Å²) in [7, 11) is 0. The number of nitrogens with zero attached hydrogens (tertiary/aromatic N) is 2. The van der Waals surface area contributed by atoms with E-state index in [1.807, 2.05) is 18.2 Å². The first-order chi connectivity index (χ1) is 9.33. The quantitative estimate of drug-likeness (QED) is 0.936. The topological polar surface area (TPSA) is 56.3 Å². The summed E-state index contributed by atoms with van der Waals surface area (Å²) >= 11 is 3.48. The molecule has 3 rings (SSSR count). The van der Waals surface area contributed by atoms with E-state index >= 15 is 0 Å². The maximum Gasteiger partial charge on any atom is 0.231 e. The van der Waals surface area contributed by atoms with Gasteiger partial charge in [-0.05, 0) is 39.7 Å². The molecule has 1 aromatic heterocycles. The molecule has 2 heterocycles. The van der Waals surface area contributed by atoms with E-state index in [-0.39, 0.29) is 6.79 Å². The van der Waals surface area contributed by atoms with Gasteiger partial charge in [0.1, 0.15) is 6.33 Å². The molecule has 0 saturated carbocycles. The number of nitrogens with one attached hydrogen (secondary N) is 1. The number of rotatable bonds is 4. The highest BCUT2D eigenvalue weighted by atomic mass is 79.9. The van der Waals surface area contributed by atoms with Crippen LogP contribution in [0.2, 0.25) is 0 Å². The molecular formula is C13H12BrN3O2. The summed E-state index contributed by atoms with van der Waals surface area (Å²) in [4.78, 5) is 8.04. The van der Waals surface area contributed by atoms with Gasteiger partial charge in [0, 0.05) is 19.3 Å². The predicted molar refractivity (Wildman–Crippen MR) is 72.8 cm³/mol. The van der Waals surface area contributed by atoms with E-state index in [0.717, 1.165) is 33.8 Å². The molecule has 19 heavy (non-hydrogen) atoms. The summed E-state index contributed by atoms with van der Waals surface area (Å²) in [5.41, 5.74) is 2.10. The van der Waals surface area contributed by atoms with Crippen molar-refractivity contribution in [3.63, 3.8) is 0 Å². The van der Waals surface area contributed by atoms with Crippen LogP contribution in [0.1, 0.15) is 11.3 Å². The van der Waals surface area contributed by atoms with E-state index in [1.54, 1.807) is 12.5 Å². The fraction of sp³-hybridized carbons (Fsp3) is 0.231. The third kappa shape index (κ3) is 2.85. The summed E-state index contributed by atoms with van der Waals surface area (Å²) in [6.45, 7) is 1.72. The molecular weight excluding hydrogens is 310 g/mol. The van der Waals surface area contributed by atoms with Crippen LogP contribution in [0, 0.1) is 0 Å². The standard InChI is InChI=1S/C13H12BrN3O2/c14-11-3-9(4-12-13(11)19-8-18-12)5-16-6-10-1-2-15-7-17-10/h1-4,7,16H,5-6,8H2. The van der Waals surface area contributed by atoms with Crippen molar-refractivity contribution in [2.24, 2.45) is 0 Å². The number of benzene rings is 1. The highest BCUT2D eigenvalue weighted by Gasteiger charge is 2.17. The molecule has 1 aliphatic heterocycles. The average Bonchev–Trinajstić information content (AvgIpc) is 2.89. The number of ether oxygens (including phenoxy) is 2. The normalized spacial score (nSPS) is 12.7. The molecule has 0 spiro atoms. The Balaban J connectivity index is 1.63. The van der Waals surface area contributed by atoms with E-state index < -0.39 is 0 Å². The molecule has 2 aromatic rings. The van der Waals surface area contributed by atoms with Gasteiger partial charge < -0.3 is 14.8 Å². The van der Waals surface area contributed by atoms with Crippen molar-refractivity contribution in [2.75, 3.05) is 6.79 Å². The Bertz CT molecular complexity index is 578. The van der Waals surface area contributed by atoms with Crippen molar-refractivity contribution in [1.29, 1.82) is 0 Å². The van der Waals surface area contributed by atoms with Crippen LogP contribution < -0.4 is 14.8 Å². The fourth-order valence-corrected chi connectivity index (χ4v) is 2.48. The van der Waals surface area contributed by atoms with E-state index in [2.05, 4.69) is 31.2 Å². The first-order valence-electron chi connectivity index (χ1n) is 5.86. The molecule has 0 unspecified atom stereocenters. The largest absolute Gasteiger partial charge is 0.454 e. The lowest BCUT2D eigenvalue weighted by Gasteiger charge is -2.07. The third-order valence-electron chi connectivity index (χ3n) is 2.77. The Morgan fingerprint density at radius 1 is 1.26 bits per heavy atom. The van der Waals surface area contributed by atoms with Gasteiger partial charge in [-0.25, -0.2) is 9.97 Å². The first kappa shape index (κ1) is 12.4. The monoisotopic (exact) mass is 321 g/mol. The Morgan fingerprint density at radius 2 is 2.21 bits per heavy atom. The van der Waals surface area contributed by atoms with Gasteiger partial charge in [-0.15, -0.1) is 0 Å². The second kappa shape index (κ2) is 5.54. The lowest BCUT2D eigenvalue weighted by atomic mass is 10.2.